The van der Waals surface area contributed by atoms with Gasteiger partial charge < -0.3 is 20.1 Å². The predicted octanol–water partition coefficient (Wildman–Crippen LogP) is 2.50. The summed E-state index contributed by atoms with van der Waals surface area (Å²) < 4.78 is 11.1. The molecule has 2 heterocycles. The zero-order valence-electron chi connectivity index (χ0n) is 14.2. The quantitative estimate of drug-likeness (QED) is 0.254. The molecule has 0 radical (unpaired) electrons. The number of ether oxygens (including phenoxy) is 2. The van der Waals surface area contributed by atoms with Crippen molar-refractivity contribution in [3.8, 4) is 0 Å². The first-order valence-electron chi connectivity index (χ1n) is 8.66. The predicted molar refractivity (Wildman–Crippen MR) is 109 cm³/mol. The maximum atomic E-state index is 5.72. The Balaban J connectivity index is 0.00000264. The lowest BCUT2D eigenvalue weighted by Gasteiger charge is -2.24. The van der Waals surface area contributed by atoms with E-state index in [-0.39, 0.29) is 24.0 Å². The molecule has 7 heteroatoms. The van der Waals surface area contributed by atoms with E-state index in [4.69, 9.17) is 9.47 Å². The van der Waals surface area contributed by atoms with Crippen LogP contribution in [0.15, 0.2) is 4.99 Å². The van der Waals surface area contributed by atoms with E-state index in [0.29, 0.717) is 12.0 Å². The monoisotopic (exact) mass is 457 g/mol. The summed E-state index contributed by atoms with van der Waals surface area (Å²) in [6, 6.07) is 0.565. The van der Waals surface area contributed by atoms with Crippen molar-refractivity contribution in [3.63, 3.8) is 0 Å². The molecule has 136 valence electrons. The van der Waals surface area contributed by atoms with Gasteiger partial charge in [-0.15, -0.1) is 24.0 Å². The van der Waals surface area contributed by atoms with Gasteiger partial charge in [0, 0.05) is 44.0 Å². The summed E-state index contributed by atoms with van der Waals surface area (Å²) in [4.78, 5) is 4.66. The van der Waals surface area contributed by atoms with Crippen molar-refractivity contribution in [1.82, 2.24) is 10.6 Å². The van der Waals surface area contributed by atoms with Gasteiger partial charge in [0.05, 0.1) is 13.2 Å². The molecular formula is C16H32IN3O2S. The zero-order chi connectivity index (χ0) is 15.5. The van der Waals surface area contributed by atoms with Gasteiger partial charge in [0.1, 0.15) is 0 Å². The molecule has 0 aromatic carbocycles. The van der Waals surface area contributed by atoms with Crippen molar-refractivity contribution in [2.45, 2.75) is 38.6 Å². The Morgan fingerprint density at radius 2 is 2.30 bits per heavy atom. The van der Waals surface area contributed by atoms with Crippen molar-refractivity contribution in [3.05, 3.63) is 0 Å². The SMILES string of the molecule is CCNC(=NCCCOCC1CCOC1)NC1CCCSC1.I. The van der Waals surface area contributed by atoms with E-state index in [1.807, 2.05) is 11.8 Å². The van der Waals surface area contributed by atoms with Crippen LogP contribution in [0.2, 0.25) is 0 Å². The lowest BCUT2D eigenvalue weighted by molar-refractivity contribution is 0.0893. The van der Waals surface area contributed by atoms with Gasteiger partial charge in [-0.25, -0.2) is 0 Å². The molecule has 23 heavy (non-hydrogen) atoms. The molecule has 2 aliphatic rings. The molecule has 2 rings (SSSR count). The van der Waals surface area contributed by atoms with Crippen LogP contribution >= 0.6 is 35.7 Å². The maximum absolute atomic E-state index is 5.72. The Labute approximate surface area is 162 Å². The summed E-state index contributed by atoms with van der Waals surface area (Å²) in [5.41, 5.74) is 0. The van der Waals surface area contributed by atoms with Crippen molar-refractivity contribution in [2.24, 2.45) is 10.9 Å². The Morgan fingerprint density at radius 1 is 1.39 bits per heavy atom. The molecule has 2 atom stereocenters. The molecule has 2 saturated heterocycles. The molecule has 0 bridgehead atoms. The van der Waals surface area contributed by atoms with E-state index in [0.717, 1.165) is 58.3 Å². The molecule has 0 saturated carbocycles. The smallest absolute Gasteiger partial charge is 0.191 e. The fourth-order valence-electron chi connectivity index (χ4n) is 2.69. The highest BCUT2D eigenvalue weighted by Gasteiger charge is 2.15. The minimum Gasteiger partial charge on any atom is -0.381 e. The van der Waals surface area contributed by atoms with Crippen LogP contribution in [0, 0.1) is 5.92 Å². The van der Waals surface area contributed by atoms with Gasteiger partial charge >= 0.3 is 0 Å². The number of aliphatic imine (C=N–C) groups is 1. The third kappa shape index (κ3) is 9.36. The van der Waals surface area contributed by atoms with Crippen molar-refractivity contribution in [2.75, 3.05) is 51.0 Å². The maximum Gasteiger partial charge on any atom is 0.191 e. The van der Waals surface area contributed by atoms with E-state index in [1.54, 1.807) is 0 Å². The summed E-state index contributed by atoms with van der Waals surface area (Å²) in [7, 11) is 0. The summed E-state index contributed by atoms with van der Waals surface area (Å²) in [5, 5.41) is 6.89. The largest absolute Gasteiger partial charge is 0.381 e. The third-order valence-electron chi connectivity index (χ3n) is 3.94. The first kappa shape index (κ1) is 21.3. The van der Waals surface area contributed by atoms with Gasteiger partial charge in [0.15, 0.2) is 5.96 Å². The molecule has 0 amide bonds. The van der Waals surface area contributed by atoms with Crippen LogP contribution in [-0.4, -0.2) is 63.0 Å². The molecule has 0 spiro atoms. The van der Waals surface area contributed by atoms with E-state index >= 15 is 0 Å². The van der Waals surface area contributed by atoms with E-state index < -0.39 is 0 Å². The highest BCUT2D eigenvalue weighted by Crippen LogP contribution is 2.16. The highest BCUT2D eigenvalue weighted by molar-refractivity contribution is 14.0. The van der Waals surface area contributed by atoms with E-state index in [9.17, 15) is 0 Å². The standard InChI is InChI=1S/C16H31N3O2S.HI/c1-2-17-16(19-15-5-3-10-22-13-15)18-7-4-8-20-11-14-6-9-21-12-14;/h14-15H,2-13H2,1H3,(H2,17,18,19);1H. The minimum atomic E-state index is 0. The molecule has 0 aromatic heterocycles. The summed E-state index contributed by atoms with van der Waals surface area (Å²) in [5.74, 6) is 4.05. The number of halogens is 1. The number of rotatable bonds is 8. The number of hydrogen-bond donors (Lipinski definition) is 2. The number of nitrogens with one attached hydrogen (secondary N) is 2. The van der Waals surface area contributed by atoms with E-state index in [2.05, 4.69) is 22.5 Å². The van der Waals surface area contributed by atoms with Crippen LogP contribution in [0.25, 0.3) is 0 Å². The molecule has 0 aliphatic carbocycles. The second kappa shape index (κ2) is 13.5. The molecule has 2 unspecified atom stereocenters. The van der Waals surface area contributed by atoms with Gasteiger partial charge in [-0.3, -0.25) is 4.99 Å². The Kier molecular flexibility index (Phi) is 12.6. The topological polar surface area (TPSA) is 54.9 Å². The molecule has 2 N–H and O–H groups in total. The van der Waals surface area contributed by atoms with Crippen LogP contribution < -0.4 is 10.6 Å². The first-order valence-corrected chi connectivity index (χ1v) is 9.82. The van der Waals surface area contributed by atoms with E-state index in [1.165, 1.54) is 24.3 Å². The van der Waals surface area contributed by atoms with Gasteiger partial charge in [0.25, 0.3) is 0 Å². The number of thioether (sulfide) groups is 1. The summed E-state index contributed by atoms with van der Waals surface area (Å²) >= 11 is 2.03. The van der Waals surface area contributed by atoms with Gasteiger partial charge in [0.2, 0.25) is 0 Å². The fraction of sp³-hybridized carbons (Fsp3) is 0.938. The second-order valence-electron chi connectivity index (χ2n) is 5.98. The Bertz CT molecular complexity index is 322. The third-order valence-corrected chi connectivity index (χ3v) is 5.16. The van der Waals surface area contributed by atoms with Crippen molar-refractivity contribution < 1.29 is 9.47 Å². The molecule has 2 aliphatic heterocycles. The Morgan fingerprint density at radius 3 is 3.00 bits per heavy atom. The van der Waals surface area contributed by atoms with Gasteiger partial charge in [-0.05, 0) is 38.4 Å². The summed E-state index contributed by atoms with van der Waals surface area (Å²) in [6.45, 7) is 7.22. The van der Waals surface area contributed by atoms with Gasteiger partial charge in [-0.1, -0.05) is 0 Å². The first-order chi connectivity index (χ1) is 10.9. The minimum absolute atomic E-state index is 0. The van der Waals surface area contributed by atoms with Crippen LogP contribution in [0.4, 0.5) is 0 Å². The lowest BCUT2D eigenvalue weighted by atomic mass is 10.1. The molecule has 0 aromatic rings. The normalized spacial score (nSPS) is 25.0. The highest BCUT2D eigenvalue weighted by atomic mass is 127. The average molecular weight is 457 g/mol. The lowest BCUT2D eigenvalue weighted by Crippen LogP contribution is -2.45. The van der Waals surface area contributed by atoms with Crippen LogP contribution in [0.5, 0.6) is 0 Å². The summed E-state index contributed by atoms with van der Waals surface area (Å²) in [6.07, 6.45) is 4.68. The molecular weight excluding hydrogens is 425 g/mol. The fourth-order valence-corrected chi connectivity index (χ4v) is 3.76. The number of guanidine groups is 1. The van der Waals surface area contributed by atoms with Crippen LogP contribution in [-0.2, 0) is 9.47 Å². The number of hydrogen-bond acceptors (Lipinski definition) is 4. The molecule has 2 fully saturated rings. The van der Waals surface area contributed by atoms with Crippen LogP contribution in [0.3, 0.4) is 0 Å². The molecule has 5 nitrogen and oxygen atoms in total. The van der Waals surface area contributed by atoms with Gasteiger partial charge in [-0.2, -0.15) is 11.8 Å². The van der Waals surface area contributed by atoms with Crippen LogP contribution in [0.1, 0.15) is 32.6 Å². The Hall–Kier alpha value is 0.270. The van der Waals surface area contributed by atoms with Crippen molar-refractivity contribution in [1.29, 1.82) is 0 Å². The second-order valence-corrected chi connectivity index (χ2v) is 7.13. The zero-order valence-corrected chi connectivity index (χ0v) is 17.4. The average Bonchev–Trinajstić information content (AvgIpc) is 3.05. The number of nitrogens with zero attached hydrogens (tertiary/aromatic N) is 1. The van der Waals surface area contributed by atoms with Crippen molar-refractivity contribution >= 4 is 41.7 Å².